The molecule has 0 radical (unpaired) electrons. The molecule has 1 saturated heterocycles. The van der Waals surface area contributed by atoms with E-state index < -0.39 is 0 Å². The Kier molecular flexibility index (Phi) is 10.2. The van der Waals surface area contributed by atoms with Crippen molar-refractivity contribution in [2.24, 2.45) is 5.92 Å². The standard InChI is InChI=1S/C13H26N2O3.ClH/c1-4-18-12(10(2)3)5-6-15-13(16)11-9-17-8-7-14-11;/h10-12,14H,4-9H2,1-3H3,(H,15,16);1H. The van der Waals surface area contributed by atoms with E-state index in [2.05, 4.69) is 24.5 Å². The Labute approximate surface area is 122 Å². The molecule has 114 valence electrons. The Morgan fingerprint density at radius 2 is 2.26 bits per heavy atom. The maximum Gasteiger partial charge on any atom is 0.239 e. The van der Waals surface area contributed by atoms with E-state index in [1.165, 1.54) is 0 Å². The molecule has 2 atom stereocenters. The van der Waals surface area contributed by atoms with Gasteiger partial charge in [0.25, 0.3) is 0 Å². The molecule has 1 heterocycles. The van der Waals surface area contributed by atoms with Gasteiger partial charge < -0.3 is 20.1 Å². The summed E-state index contributed by atoms with van der Waals surface area (Å²) in [6.45, 7) is 9.53. The van der Waals surface area contributed by atoms with Gasteiger partial charge in [-0.15, -0.1) is 12.4 Å². The summed E-state index contributed by atoms with van der Waals surface area (Å²) >= 11 is 0. The van der Waals surface area contributed by atoms with Crippen molar-refractivity contribution in [3.8, 4) is 0 Å². The Morgan fingerprint density at radius 1 is 1.53 bits per heavy atom. The van der Waals surface area contributed by atoms with E-state index in [1.54, 1.807) is 0 Å². The SMILES string of the molecule is CCOC(CCNC(=O)C1COCCN1)C(C)C.Cl. The average molecular weight is 295 g/mol. The highest BCUT2D eigenvalue weighted by Gasteiger charge is 2.21. The molecular formula is C13H27ClN2O3. The van der Waals surface area contributed by atoms with Gasteiger partial charge in [0.1, 0.15) is 6.04 Å². The summed E-state index contributed by atoms with van der Waals surface area (Å²) in [6, 6.07) is -0.205. The minimum atomic E-state index is -0.205. The van der Waals surface area contributed by atoms with Crippen LogP contribution in [0.2, 0.25) is 0 Å². The fraction of sp³-hybridized carbons (Fsp3) is 0.923. The van der Waals surface area contributed by atoms with Crippen LogP contribution >= 0.6 is 12.4 Å². The van der Waals surface area contributed by atoms with Gasteiger partial charge in [0.15, 0.2) is 0 Å². The third kappa shape index (κ3) is 7.11. The number of halogens is 1. The molecule has 0 aromatic heterocycles. The van der Waals surface area contributed by atoms with Gasteiger partial charge in [0, 0.05) is 19.7 Å². The fourth-order valence-corrected chi connectivity index (χ4v) is 2.02. The van der Waals surface area contributed by atoms with E-state index in [4.69, 9.17) is 9.47 Å². The van der Waals surface area contributed by atoms with E-state index >= 15 is 0 Å². The molecule has 0 aliphatic carbocycles. The summed E-state index contributed by atoms with van der Waals surface area (Å²) in [5.41, 5.74) is 0. The fourth-order valence-electron chi connectivity index (χ4n) is 2.02. The Morgan fingerprint density at radius 3 is 2.79 bits per heavy atom. The van der Waals surface area contributed by atoms with Crippen LogP contribution in [0, 0.1) is 5.92 Å². The second-order valence-electron chi connectivity index (χ2n) is 4.90. The van der Waals surface area contributed by atoms with Crippen LogP contribution in [0.25, 0.3) is 0 Å². The molecular weight excluding hydrogens is 268 g/mol. The van der Waals surface area contributed by atoms with Crippen molar-refractivity contribution in [2.45, 2.75) is 39.3 Å². The van der Waals surface area contributed by atoms with Gasteiger partial charge in [-0.25, -0.2) is 0 Å². The molecule has 2 unspecified atom stereocenters. The maximum absolute atomic E-state index is 11.8. The molecule has 1 aliphatic rings. The number of morpholine rings is 1. The first-order valence-electron chi connectivity index (χ1n) is 6.85. The van der Waals surface area contributed by atoms with Crippen LogP contribution < -0.4 is 10.6 Å². The lowest BCUT2D eigenvalue weighted by atomic mass is 10.0. The first-order chi connectivity index (χ1) is 8.65. The van der Waals surface area contributed by atoms with Crippen molar-refractivity contribution in [3.05, 3.63) is 0 Å². The molecule has 0 bridgehead atoms. The first-order valence-corrected chi connectivity index (χ1v) is 6.85. The molecule has 0 aromatic rings. The topological polar surface area (TPSA) is 59.6 Å². The third-order valence-corrected chi connectivity index (χ3v) is 3.09. The number of carbonyl (C=O) groups is 1. The first kappa shape index (κ1) is 18.6. The zero-order chi connectivity index (χ0) is 13.4. The number of rotatable bonds is 7. The van der Waals surface area contributed by atoms with Crippen LogP contribution in [0.1, 0.15) is 27.2 Å². The van der Waals surface area contributed by atoms with Crippen LogP contribution in [0.5, 0.6) is 0 Å². The average Bonchev–Trinajstić information content (AvgIpc) is 2.38. The number of amides is 1. The Hall–Kier alpha value is -0.360. The summed E-state index contributed by atoms with van der Waals surface area (Å²) in [5.74, 6) is 0.492. The molecule has 6 heteroatoms. The Bertz CT molecular complexity index is 246. The summed E-state index contributed by atoms with van der Waals surface area (Å²) in [7, 11) is 0. The molecule has 0 spiro atoms. The number of carbonyl (C=O) groups excluding carboxylic acids is 1. The monoisotopic (exact) mass is 294 g/mol. The van der Waals surface area contributed by atoms with Crippen molar-refractivity contribution in [3.63, 3.8) is 0 Å². The predicted octanol–water partition coefficient (Wildman–Crippen LogP) is 0.964. The minimum Gasteiger partial charge on any atom is -0.378 e. The van der Waals surface area contributed by atoms with Gasteiger partial charge in [-0.3, -0.25) is 4.79 Å². The molecule has 0 aromatic carbocycles. The smallest absolute Gasteiger partial charge is 0.239 e. The highest BCUT2D eigenvalue weighted by Crippen LogP contribution is 2.09. The molecule has 1 amide bonds. The number of ether oxygens (including phenoxy) is 2. The number of hydrogen-bond donors (Lipinski definition) is 2. The van der Waals surface area contributed by atoms with Gasteiger partial charge in [-0.1, -0.05) is 13.8 Å². The van der Waals surface area contributed by atoms with Gasteiger partial charge >= 0.3 is 0 Å². The van der Waals surface area contributed by atoms with E-state index in [1.807, 2.05) is 6.92 Å². The highest BCUT2D eigenvalue weighted by molar-refractivity contribution is 5.85. The molecule has 2 N–H and O–H groups in total. The molecule has 1 fully saturated rings. The van der Waals surface area contributed by atoms with Crippen LogP contribution in [-0.4, -0.2) is 51.0 Å². The lowest BCUT2D eigenvalue weighted by molar-refractivity contribution is -0.126. The van der Waals surface area contributed by atoms with Crippen molar-refractivity contribution in [1.82, 2.24) is 10.6 Å². The molecule has 5 nitrogen and oxygen atoms in total. The maximum atomic E-state index is 11.8. The van der Waals surface area contributed by atoms with Gasteiger partial charge in [0.05, 0.1) is 19.3 Å². The summed E-state index contributed by atoms with van der Waals surface area (Å²) < 4.78 is 10.9. The molecule has 0 saturated carbocycles. The van der Waals surface area contributed by atoms with E-state index in [0.717, 1.165) is 19.6 Å². The quantitative estimate of drug-likeness (QED) is 0.734. The minimum absolute atomic E-state index is 0. The highest BCUT2D eigenvalue weighted by atomic mass is 35.5. The number of nitrogens with one attached hydrogen (secondary N) is 2. The summed E-state index contributed by atoms with van der Waals surface area (Å²) in [4.78, 5) is 11.8. The second-order valence-corrected chi connectivity index (χ2v) is 4.90. The van der Waals surface area contributed by atoms with Crippen LogP contribution in [0.4, 0.5) is 0 Å². The van der Waals surface area contributed by atoms with E-state index in [9.17, 15) is 4.79 Å². The lowest BCUT2D eigenvalue weighted by Crippen LogP contribution is -2.51. The van der Waals surface area contributed by atoms with Crippen molar-refractivity contribution in [1.29, 1.82) is 0 Å². The van der Waals surface area contributed by atoms with Crippen LogP contribution in [0.3, 0.4) is 0 Å². The van der Waals surface area contributed by atoms with Crippen LogP contribution in [-0.2, 0) is 14.3 Å². The number of hydrogen-bond acceptors (Lipinski definition) is 4. The van der Waals surface area contributed by atoms with Gasteiger partial charge in [0.2, 0.25) is 5.91 Å². The largest absolute Gasteiger partial charge is 0.378 e. The third-order valence-electron chi connectivity index (χ3n) is 3.09. The molecule has 19 heavy (non-hydrogen) atoms. The zero-order valence-corrected chi connectivity index (χ0v) is 12.9. The molecule has 1 aliphatic heterocycles. The van der Waals surface area contributed by atoms with E-state index in [-0.39, 0.29) is 30.5 Å². The summed E-state index contributed by atoms with van der Waals surface area (Å²) in [6.07, 6.45) is 1.07. The lowest BCUT2D eigenvalue weighted by Gasteiger charge is -2.24. The summed E-state index contributed by atoms with van der Waals surface area (Å²) in [5, 5.41) is 6.07. The van der Waals surface area contributed by atoms with Crippen molar-refractivity contribution >= 4 is 18.3 Å². The second kappa shape index (κ2) is 10.4. The van der Waals surface area contributed by atoms with Crippen LogP contribution in [0.15, 0.2) is 0 Å². The Balaban J connectivity index is 0.00000324. The van der Waals surface area contributed by atoms with Gasteiger partial charge in [-0.2, -0.15) is 0 Å². The van der Waals surface area contributed by atoms with Gasteiger partial charge in [-0.05, 0) is 19.3 Å². The zero-order valence-electron chi connectivity index (χ0n) is 12.1. The van der Waals surface area contributed by atoms with Crippen molar-refractivity contribution in [2.75, 3.05) is 32.9 Å². The van der Waals surface area contributed by atoms with Crippen molar-refractivity contribution < 1.29 is 14.3 Å². The van der Waals surface area contributed by atoms with E-state index in [0.29, 0.717) is 25.7 Å². The molecule has 1 rings (SSSR count). The normalized spacial score (nSPS) is 20.7. The predicted molar refractivity (Wildman–Crippen MR) is 77.7 cm³/mol.